The molecule has 13 heavy (non-hydrogen) atoms. The Balaban J connectivity index is 2.00. The van der Waals surface area contributed by atoms with E-state index in [1.54, 1.807) is 10.8 Å². The van der Waals surface area contributed by atoms with Gasteiger partial charge in [-0.25, -0.2) is 0 Å². The van der Waals surface area contributed by atoms with E-state index in [0.717, 1.165) is 12.0 Å². The lowest BCUT2D eigenvalue weighted by molar-refractivity contribution is 0.230. The third kappa shape index (κ3) is 1.87. The molecular formula is C9H18N2S2. The second-order valence-electron chi connectivity index (χ2n) is 4.28. The molecule has 0 saturated carbocycles. The summed E-state index contributed by atoms with van der Waals surface area (Å²) in [7, 11) is 3.91. The van der Waals surface area contributed by atoms with Crippen LogP contribution in [0.15, 0.2) is 0 Å². The molecule has 0 aromatic carbocycles. The average molecular weight is 218 g/mol. The van der Waals surface area contributed by atoms with Crippen molar-refractivity contribution in [2.45, 2.75) is 24.8 Å². The van der Waals surface area contributed by atoms with Gasteiger partial charge in [0.05, 0.1) is 5.37 Å². The summed E-state index contributed by atoms with van der Waals surface area (Å²) in [6.45, 7) is 6.09. The predicted octanol–water partition coefficient (Wildman–Crippen LogP) is 1.55. The summed E-state index contributed by atoms with van der Waals surface area (Å²) >= 11 is 4.30. The van der Waals surface area contributed by atoms with E-state index in [0.29, 0.717) is 5.37 Å². The van der Waals surface area contributed by atoms with E-state index >= 15 is 0 Å². The molecule has 0 aromatic rings. The lowest BCUT2D eigenvalue weighted by Gasteiger charge is -2.28. The topological polar surface area (TPSA) is 6.48 Å². The number of hydrogen-bond acceptors (Lipinski definition) is 4. The molecule has 2 fully saturated rings. The van der Waals surface area contributed by atoms with Gasteiger partial charge in [-0.1, -0.05) is 10.8 Å². The van der Waals surface area contributed by atoms with E-state index < -0.39 is 0 Å². The van der Waals surface area contributed by atoms with Gasteiger partial charge in [0.15, 0.2) is 0 Å². The highest BCUT2D eigenvalue weighted by molar-refractivity contribution is 8.68. The van der Waals surface area contributed by atoms with Gasteiger partial charge in [0.2, 0.25) is 0 Å². The number of likely N-dealkylation sites (tertiary alicyclic amines) is 2. The van der Waals surface area contributed by atoms with E-state index in [2.05, 4.69) is 35.4 Å². The maximum absolute atomic E-state index is 4.30. The first-order chi connectivity index (χ1) is 6.22. The monoisotopic (exact) mass is 218 g/mol. The highest BCUT2D eigenvalue weighted by Crippen LogP contribution is 2.35. The van der Waals surface area contributed by atoms with Gasteiger partial charge >= 0.3 is 0 Å². The zero-order valence-corrected chi connectivity index (χ0v) is 10.0. The van der Waals surface area contributed by atoms with Crippen molar-refractivity contribution in [2.24, 2.45) is 5.92 Å². The Morgan fingerprint density at radius 3 is 2.92 bits per heavy atom. The molecule has 2 nitrogen and oxygen atoms in total. The highest BCUT2D eigenvalue weighted by Gasteiger charge is 2.41. The second-order valence-corrected chi connectivity index (χ2v) is 5.81. The maximum Gasteiger partial charge on any atom is 0.0633 e. The first-order valence-corrected chi connectivity index (χ1v) is 6.90. The molecule has 0 aliphatic carbocycles. The number of hydrogen-bond donors (Lipinski definition) is 1. The molecule has 0 radical (unpaired) electrons. The Bertz CT molecular complexity index is 188. The molecule has 1 unspecified atom stereocenters. The van der Waals surface area contributed by atoms with E-state index in [9.17, 15) is 0 Å². The van der Waals surface area contributed by atoms with Crippen molar-refractivity contribution in [3.05, 3.63) is 0 Å². The Kier molecular flexibility index (Phi) is 3.13. The lowest BCUT2D eigenvalue weighted by atomic mass is 10.1. The van der Waals surface area contributed by atoms with Crippen molar-refractivity contribution < 1.29 is 0 Å². The number of fused-ring (bicyclic) bond motifs is 1. The van der Waals surface area contributed by atoms with Crippen LogP contribution in [-0.2, 0) is 0 Å². The number of rotatable bonds is 2. The summed E-state index contributed by atoms with van der Waals surface area (Å²) < 4.78 is 0. The average Bonchev–Trinajstić information content (AvgIpc) is 2.61. The Labute approximate surface area is 89.8 Å². The summed E-state index contributed by atoms with van der Waals surface area (Å²) in [5.41, 5.74) is 0. The van der Waals surface area contributed by atoms with E-state index in [4.69, 9.17) is 0 Å². The van der Waals surface area contributed by atoms with Crippen molar-refractivity contribution in [1.29, 1.82) is 0 Å². The smallest absolute Gasteiger partial charge is 0.0633 e. The van der Waals surface area contributed by atoms with Crippen LogP contribution < -0.4 is 0 Å². The molecular weight excluding hydrogens is 200 g/mol. The molecule has 2 saturated heterocycles. The quantitative estimate of drug-likeness (QED) is 0.555. The van der Waals surface area contributed by atoms with Crippen LogP contribution in [0.4, 0.5) is 0 Å². The summed E-state index contributed by atoms with van der Waals surface area (Å²) in [4.78, 5) is 5.07. The van der Waals surface area contributed by atoms with Crippen molar-refractivity contribution in [1.82, 2.24) is 9.80 Å². The van der Waals surface area contributed by atoms with Crippen molar-refractivity contribution in [2.75, 3.05) is 26.7 Å². The molecule has 4 heteroatoms. The minimum Gasteiger partial charge on any atom is -0.304 e. The second kappa shape index (κ2) is 4.01. The molecule has 0 aromatic heterocycles. The van der Waals surface area contributed by atoms with Crippen LogP contribution in [0.1, 0.15) is 13.3 Å². The largest absolute Gasteiger partial charge is 0.304 e. The lowest BCUT2D eigenvalue weighted by Crippen LogP contribution is -2.38. The fourth-order valence-electron chi connectivity index (χ4n) is 2.72. The maximum atomic E-state index is 4.30. The highest BCUT2D eigenvalue weighted by atomic mass is 33.1. The zero-order valence-electron chi connectivity index (χ0n) is 8.31. The van der Waals surface area contributed by atoms with Gasteiger partial charge in [-0.15, -0.1) is 11.7 Å². The van der Waals surface area contributed by atoms with Crippen LogP contribution in [0, 0.1) is 5.92 Å². The fourth-order valence-corrected chi connectivity index (χ4v) is 3.46. The van der Waals surface area contributed by atoms with Gasteiger partial charge in [-0.3, -0.25) is 4.90 Å². The molecule has 0 amide bonds. The van der Waals surface area contributed by atoms with Crippen molar-refractivity contribution in [3.8, 4) is 0 Å². The van der Waals surface area contributed by atoms with Crippen LogP contribution in [0.3, 0.4) is 0 Å². The summed E-state index contributed by atoms with van der Waals surface area (Å²) in [6.07, 6.45) is 1.38. The molecule has 2 rings (SSSR count). The van der Waals surface area contributed by atoms with Crippen LogP contribution in [0.2, 0.25) is 0 Å². The predicted molar refractivity (Wildman–Crippen MR) is 62.1 cm³/mol. The molecule has 2 heterocycles. The molecule has 0 bridgehead atoms. The summed E-state index contributed by atoms with van der Waals surface area (Å²) in [5, 5.41) is 0.574. The molecule has 0 spiro atoms. The normalized spacial score (nSPS) is 38.1. The number of likely N-dealkylation sites (N-methyl/N-ethyl adjacent to an activating group) is 1. The van der Waals surface area contributed by atoms with Gasteiger partial charge in [-0.2, -0.15) is 0 Å². The number of thiol groups is 1. The van der Waals surface area contributed by atoms with Crippen LogP contribution in [0.25, 0.3) is 0 Å². The van der Waals surface area contributed by atoms with Crippen molar-refractivity contribution in [3.63, 3.8) is 0 Å². The molecule has 2 aliphatic rings. The van der Waals surface area contributed by atoms with Gasteiger partial charge < -0.3 is 4.90 Å². The Morgan fingerprint density at radius 2 is 2.23 bits per heavy atom. The molecule has 0 N–H and O–H groups in total. The minimum atomic E-state index is 0.574. The van der Waals surface area contributed by atoms with Crippen LogP contribution >= 0.6 is 22.5 Å². The van der Waals surface area contributed by atoms with Gasteiger partial charge in [0, 0.05) is 19.1 Å². The van der Waals surface area contributed by atoms with E-state index in [-0.39, 0.29) is 0 Å². The molecule has 3 atom stereocenters. The Hall–Kier alpha value is 0.620. The SMILES string of the molecule is CC(SS)N1CC[C@H]2CN(C)C[C@H]21. The first-order valence-electron chi connectivity index (χ1n) is 4.97. The minimum absolute atomic E-state index is 0.574. The van der Waals surface area contributed by atoms with Crippen LogP contribution in [0.5, 0.6) is 0 Å². The summed E-state index contributed by atoms with van der Waals surface area (Å²) in [6, 6.07) is 0.805. The first kappa shape index (κ1) is 10.1. The number of nitrogens with zero attached hydrogens (tertiary/aromatic N) is 2. The standard InChI is InChI=1S/C9H18N2S2/c1-7(13-12)11-4-3-8-5-10(2)6-9(8)11/h7-9,12H,3-6H2,1-2H3/t7?,8-,9+/m0/s1. The van der Waals surface area contributed by atoms with Gasteiger partial charge in [-0.05, 0) is 32.9 Å². The van der Waals surface area contributed by atoms with Crippen LogP contribution in [-0.4, -0.2) is 47.9 Å². The summed E-state index contributed by atoms with van der Waals surface area (Å²) in [5.74, 6) is 0.924. The molecule has 76 valence electrons. The van der Waals surface area contributed by atoms with E-state index in [1.807, 2.05) is 0 Å². The fraction of sp³-hybridized carbons (Fsp3) is 1.00. The third-order valence-corrected chi connectivity index (χ3v) is 4.88. The third-order valence-electron chi connectivity index (χ3n) is 3.39. The van der Waals surface area contributed by atoms with Gasteiger partial charge in [0.1, 0.15) is 0 Å². The molecule has 2 aliphatic heterocycles. The van der Waals surface area contributed by atoms with Crippen molar-refractivity contribution >= 4 is 22.5 Å². The Morgan fingerprint density at radius 1 is 1.46 bits per heavy atom. The zero-order chi connectivity index (χ0) is 9.42. The van der Waals surface area contributed by atoms with E-state index in [1.165, 1.54) is 26.1 Å². The van der Waals surface area contributed by atoms with Gasteiger partial charge in [0.25, 0.3) is 0 Å².